The summed E-state index contributed by atoms with van der Waals surface area (Å²) in [6.45, 7) is 0. The van der Waals surface area contributed by atoms with E-state index in [2.05, 4.69) is 4.29 Å². The van der Waals surface area contributed by atoms with Crippen LogP contribution in [0.5, 0.6) is 5.75 Å². The molecule has 1 nitrogen and oxygen atoms in total. The average molecular weight is 176 g/mol. The molecule has 1 aromatic carbocycles. The van der Waals surface area contributed by atoms with Crippen LogP contribution in [0.3, 0.4) is 0 Å². The summed E-state index contributed by atoms with van der Waals surface area (Å²) >= 11 is 5.03. The number of rotatable bonds is 1. The molecule has 1 aromatic rings. The average Bonchev–Trinajstić information content (AvgIpc) is 1.90. The number of hydrogen-bond acceptors (Lipinski definition) is 1. The van der Waals surface area contributed by atoms with Crippen molar-refractivity contribution in [2.24, 2.45) is 0 Å². The summed E-state index contributed by atoms with van der Waals surface area (Å²) in [7, 11) is 0. The van der Waals surface area contributed by atoms with Crippen LogP contribution in [0.1, 0.15) is 0 Å². The van der Waals surface area contributed by atoms with Crippen molar-refractivity contribution >= 4 is 11.9 Å². The Bertz CT molecular complexity index is 154. The van der Waals surface area contributed by atoms with E-state index in [-0.39, 0.29) is 21.7 Å². The van der Waals surface area contributed by atoms with Gasteiger partial charge in [-0.15, -0.1) is 0 Å². The molecule has 0 fully saturated rings. The van der Waals surface area contributed by atoms with E-state index in [0.717, 1.165) is 0 Å². The van der Waals surface area contributed by atoms with Gasteiger partial charge in [0.2, 0.25) is 0 Å². The van der Waals surface area contributed by atoms with Crippen LogP contribution in [0.4, 0.5) is 0 Å². The molecule has 0 radical (unpaired) electrons. The quantitative estimate of drug-likeness (QED) is 0.596. The minimum atomic E-state index is 0. The molecule has 0 atom stereocenters. The molecule has 0 bridgehead atoms. The molecule has 0 saturated heterocycles. The molecule has 0 aliphatic heterocycles. The van der Waals surface area contributed by atoms with Gasteiger partial charge >= 0.3 is 0 Å². The largest absolute Gasteiger partial charge is 0.386 e. The maximum atomic E-state index is 5.03. The van der Waals surface area contributed by atoms with Crippen LogP contribution in [-0.4, -0.2) is 0 Å². The summed E-state index contributed by atoms with van der Waals surface area (Å²) in [5.41, 5.74) is 0. The van der Waals surface area contributed by atoms with Crippen LogP contribution in [0.25, 0.3) is 0 Å². The second-order valence-corrected chi connectivity index (χ2v) is 1.54. The smallest absolute Gasteiger partial charge is 0.146 e. The third kappa shape index (κ3) is 2.90. The van der Waals surface area contributed by atoms with Crippen molar-refractivity contribution in [3.8, 4) is 5.75 Å². The Hall–Kier alpha value is 0.0243. The van der Waals surface area contributed by atoms with Crippen LogP contribution in [0, 0.1) is 0 Å². The fraction of sp³-hybridized carbons (Fsp3) is 0. The fourth-order valence-electron chi connectivity index (χ4n) is 0.472. The van der Waals surface area contributed by atoms with Gasteiger partial charge in [0.15, 0.2) is 0 Å². The Morgan fingerprint density at radius 2 is 1.67 bits per heavy atom. The molecule has 0 aliphatic rings. The zero-order valence-electron chi connectivity index (χ0n) is 4.67. The SMILES string of the molecule is ClOc1ccccc1.[Ti]. The van der Waals surface area contributed by atoms with Gasteiger partial charge in [0, 0.05) is 21.7 Å². The van der Waals surface area contributed by atoms with Crippen molar-refractivity contribution in [2.45, 2.75) is 0 Å². The molecule has 0 saturated carbocycles. The van der Waals surface area contributed by atoms with E-state index in [1.807, 2.05) is 18.2 Å². The standard InChI is InChI=1S/C6H5ClO.Ti/c7-8-6-4-2-1-3-5-6;/h1-5H;. The van der Waals surface area contributed by atoms with Crippen molar-refractivity contribution in [3.63, 3.8) is 0 Å². The van der Waals surface area contributed by atoms with Crippen molar-refractivity contribution in [1.82, 2.24) is 0 Å². The number of halogens is 1. The molecule has 9 heavy (non-hydrogen) atoms. The Kier molecular flexibility index (Phi) is 4.87. The van der Waals surface area contributed by atoms with E-state index < -0.39 is 0 Å². The maximum absolute atomic E-state index is 5.03. The van der Waals surface area contributed by atoms with Crippen molar-refractivity contribution in [2.75, 3.05) is 0 Å². The normalized spacial score (nSPS) is 7.67. The van der Waals surface area contributed by atoms with Gasteiger partial charge in [-0.1, -0.05) is 18.2 Å². The molecule has 46 valence electrons. The summed E-state index contributed by atoms with van der Waals surface area (Å²) < 4.78 is 4.39. The van der Waals surface area contributed by atoms with E-state index in [0.29, 0.717) is 5.75 Å². The second kappa shape index (κ2) is 4.86. The summed E-state index contributed by atoms with van der Waals surface area (Å²) in [4.78, 5) is 0. The molecule has 0 spiro atoms. The molecule has 3 heteroatoms. The van der Waals surface area contributed by atoms with Gasteiger partial charge in [0.1, 0.15) is 17.6 Å². The first-order valence-electron chi connectivity index (χ1n) is 2.27. The van der Waals surface area contributed by atoms with E-state index in [1.54, 1.807) is 12.1 Å². The van der Waals surface area contributed by atoms with Gasteiger partial charge in [-0.2, -0.15) is 0 Å². The topological polar surface area (TPSA) is 9.23 Å². The Balaban J connectivity index is 0.000000640. The van der Waals surface area contributed by atoms with Crippen LogP contribution in [0.15, 0.2) is 30.3 Å². The van der Waals surface area contributed by atoms with Gasteiger partial charge in [0.05, 0.1) is 0 Å². The number of hydrogen-bond donors (Lipinski definition) is 0. The summed E-state index contributed by atoms with van der Waals surface area (Å²) in [6, 6.07) is 9.19. The van der Waals surface area contributed by atoms with Crippen LogP contribution < -0.4 is 4.29 Å². The molecule has 0 aromatic heterocycles. The van der Waals surface area contributed by atoms with Crippen molar-refractivity contribution in [1.29, 1.82) is 0 Å². The van der Waals surface area contributed by atoms with Crippen LogP contribution in [0.2, 0.25) is 0 Å². The Morgan fingerprint density at radius 1 is 1.11 bits per heavy atom. The van der Waals surface area contributed by atoms with Gasteiger partial charge in [-0.3, -0.25) is 0 Å². The molecular weight excluding hydrogens is 171 g/mol. The first-order valence-corrected chi connectivity index (χ1v) is 2.58. The minimum absolute atomic E-state index is 0. The summed E-state index contributed by atoms with van der Waals surface area (Å²) in [6.07, 6.45) is 0. The summed E-state index contributed by atoms with van der Waals surface area (Å²) in [5.74, 6) is 0.675. The zero-order valence-corrected chi connectivity index (χ0v) is 6.99. The van der Waals surface area contributed by atoms with Gasteiger partial charge < -0.3 is 4.29 Å². The molecular formula is C6H5ClOTi. The van der Waals surface area contributed by atoms with Gasteiger partial charge in [-0.05, 0) is 12.1 Å². The van der Waals surface area contributed by atoms with E-state index >= 15 is 0 Å². The van der Waals surface area contributed by atoms with Crippen LogP contribution >= 0.6 is 11.9 Å². The zero-order chi connectivity index (χ0) is 5.82. The van der Waals surface area contributed by atoms with Crippen LogP contribution in [-0.2, 0) is 21.7 Å². The first kappa shape index (κ1) is 9.02. The molecule has 0 aliphatic carbocycles. The van der Waals surface area contributed by atoms with E-state index in [9.17, 15) is 0 Å². The maximum Gasteiger partial charge on any atom is 0.146 e. The van der Waals surface area contributed by atoms with Crippen molar-refractivity contribution in [3.05, 3.63) is 30.3 Å². The summed E-state index contributed by atoms with van der Waals surface area (Å²) in [5, 5.41) is 0. The fourth-order valence-corrected chi connectivity index (χ4v) is 0.575. The molecule has 0 N–H and O–H groups in total. The third-order valence-corrected chi connectivity index (χ3v) is 1.01. The van der Waals surface area contributed by atoms with Gasteiger partial charge in [-0.25, -0.2) is 0 Å². The predicted molar refractivity (Wildman–Crippen MR) is 32.9 cm³/mol. The monoisotopic (exact) mass is 176 g/mol. The molecule has 1 rings (SSSR count). The predicted octanol–water partition coefficient (Wildman–Crippen LogP) is 2.22. The third-order valence-electron chi connectivity index (χ3n) is 0.832. The van der Waals surface area contributed by atoms with Gasteiger partial charge in [0.25, 0.3) is 0 Å². The number of para-hydroxylation sites is 1. The first-order chi connectivity index (χ1) is 3.93. The number of benzene rings is 1. The second-order valence-electron chi connectivity index (χ2n) is 1.39. The van der Waals surface area contributed by atoms with Crippen molar-refractivity contribution < 1.29 is 26.0 Å². The molecule has 0 amide bonds. The van der Waals surface area contributed by atoms with E-state index in [1.165, 1.54) is 0 Å². The Labute approximate surface area is 74.0 Å². The molecule has 0 heterocycles. The van der Waals surface area contributed by atoms with E-state index in [4.69, 9.17) is 11.9 Å². The Morgan fingerprint density at radius 3 is 2.00 bits per heavy atom. The minimum Gasteiger partial charge on any atom is -0.386 e. The molecule has 0 unspecified atom stereocenters.